The Balaban J connectivity index is 1.94. The smallest absolute Gasteiger partial charge is 0.200 e. The topological polar surface area (TPSA) is 43.8 Å². The molecule has 0 aromatic carbocycles. The zero-order chi connectivity index (χ0) is 10.8. The summed E-state index contributed by atoms with van der Waals surface area (Å²) in [5, 5.41) is 0. The van der Waals surface area contributed by atoms with Crippen LogP contribution in [0.5, 0.6) is 0 Å². The van der Waals surface area contributed by atoms with E-state index in [2.05, 4.69) is 22.7 Å². The Hall–Kier alpha value is -0.990. The van der Waals surface area contributed by atoms with E-state index in [1.165, 1.54) is 25.7 Å². The van der Waals surface area contributed by atoms with Gasteiger partial charge in [0.1, 0.15) is 0 Å². The fraction of sp³-hybridized carbons (Fsp3) is 0.750. The van der Waals surface area contributed by atoms with E-state index >= 15 is 0 Å². The minimum atomic E-state index is 0.672. The lowest BCUT2D eigenvalue weighted by Gasteiger charge is -2.26. The first-order chi connectivity index (χ1) is 7.15. The van der Waals surface area contributed by atoms with Gasteiger partial charge in [-0.05, 0) is 31.6 Å². The summed E-state index contributed by atoms with van der Waals surface area (Å²) < 4.78 is 2.11. The summed E-state index contributed by atoms with van der Waals surface area (Å²) in [6.45, 7) is 5.40. The molecule has 1 aliphatic rings. The summed E-state index contributed by atoms with van der Waals surface area (Å²) in [4.78, 5) is 4.23. The van der Waals surface area contributed by atoms with Gasteiger partial charge in [-0.1, -0.05) is 19.8 Å². The molecule has 84 valence electrons. The molecule has 0 amide bonds. The summed E-state index contributed by atoms with van der Waals surface area (Å²) in [5.74, 6) is 2.39. The highest BCUT2D eigenvalue weighted by molar-refractivity contribution is 5.21. The van der Waals surface area contributed by atoms with Gasteiger partial charge in [0.25, 0.3) is 0 Å². The van der Waals surface area contributed by atoms with Crippen molar-refractivity contribution in [1.82, 2.24) is 9.55 Å². The maximum atomic E-state index is 5.84. The second kappa shape index (κ2) is 4.25. The molecule has 2 N–H and O–H groups in total. The molecule has 3 heteroatoms. The highest BCUT2D eigenvalue weighted by atomic mass is 15.1. The minimum absolute atomic E-state index is 0.672. The van der Waals surface area contributed by atoms with E-state index in [9.17, 15) is 0 Å². The van der Waals surface area contributed by atoms with E-state index in [4.69, 9.17) is 5.73 Å². The molecule has 1 aromatic rings. The predicted molar refractivity (Wildman–Crippen MR) is 62.5 cm³/mol. The summed E-state index contributed by atoms with van der Waals surface area (Å²) in [6.07, 6.45) is 7.50. The van der Waals surface area contributed by atoms with E-state index in [0.29, 0.717) is 5.95 Å². The van der Waals surface area contributed by atoms with Crippen molar-refractivity contribution in [2.24, 2.45) is 11.8 Å². The van der Waals surface area contributed by atoms with Crippen LogP contribution in [-0.4, -0.2) is 9.55 Å². The number of rotatable bonds is 2. The van der Waals surface area contributed by atoms with E-state index in [-0.39, 0.29) is 0 Å². The van der Waals surface area contributed by atoms with Crippen LogP contribution in [0.3, 0.4) is 0 Å². The van der Waals surface area contributed by atoms with Gasteiger partial charge in [-0.25, -0.2) is 4.98 Å². The molecule has 0 radical (unpaired) electrons. The second-order valence-corrected chi connectivity index (χ2v) is 5.02. The summed E-state index contributed by atoms with van der Waals surface area (Å²) in [6, 6.07) is 0. The first-order valence-electron chi connectivity index (χ1n) is 5.94. The van der Waals surface area contributed by atoms with Crippen molar-refractivity contribution >= 4 is 5.95 Å². The lowest BCUT2D eigenvalue weighted by Crippen LogP contribution is -2.18. The van der Waals surface area contributed by atoms with Crippen molar-refractivity contribution in [3.05, 3.63) is 11.9 Å². The molecule has 1 aliphatic carbocycles. The Bertz CT molecular complexity index is 322. The lowest BCUT2D eigenvalue weighted by atomic mass is 9.83. The zero-order valence-corrected chi connectivity index (χ0v) is 9.74. The molecule has 0 aliphatic heterocycles. The first kappa shape index (κ1) is 10.5. The van der Waals surface area contributed by atoms with Crippen LogP contribution in [0.2, 0.25) is 0 Å². The number of nitrogen functional groups attached to an aromatic ring is 1. The van der Waals surface area contributed by atoms with Crippen molar-refractivity contribution in [3.8, 4) is 0 Å². The maximum Gasteiger partial charge on any atom is 0.200 e. The Morgan fingerprint density at radius 2 is 2.07 bits per heavy atom. The van der Waals surface area contributed by atoms with Crippen molar-refractivity contribution in [1.29, 1.82) is 0 Å². The van der Waals surface area contributed by atoms with Gasteiger partial charge < -0.3 is 10.3 Å². The number of imidazole rings is 1. The number of hydrogen-bond acceptors (Lipinski definition) is 2. The van der Waals surface area contributed by atoms with Crippen molar-refractivity contribution < 1.29 is 0 Å². The second-order valence-electron chi connectivity index (χ2n) is 5.02. The van der Waals surface area contributed by atoms with Crippen LogP contribution in [0.1, 0.15) is 38.3 Å². The van der Waals surface area contributed by atoms with Gasteiger partial charge in [-0.2, -0.15) is 0 Å². The molecule has 1 aromatic heterocycles. The van der Waals surface area contributed by atoms with Crippen LogP contribution in [0.25, 0.3) is 0 Å². The SMILES string of the molecule is Cc1cn(CC2CCC(C)CC2)c(N)n1. The van der Waals surface area contributed by atoms with Gasteiger partial charge in [0.15, 0.2) is 5.95 Å². The molecule has 1 heterocycles. The molecule has 2 rings (SSSR count). The fourth-order valence-electron chi connectivity index (χ4n) is 2.50. The van der Waals surface area contributed by atoms with E-state index in [1.54, 1.807) is 0 Å². The zero-order valence-electron chi connectivity index (χ0n) is 9.74. The third kappa shape index (κ3) is 2.52. The third-order valence-corrected chi connectivity index (χ3v) is 3.52. The molecule has 15 heavy (non-hydrogen) atoms. The van der Waals surface area contributed by atoms with Crippen LogP contribution < -0.4 is 5.73 Å². The molecular weight excluding hydrogens is 186 g/mol. The van der Waals surface area contributed by atoms with Crippen molar-refractivity contribution in [3.63, 3.8) is 0 Å². The summed E-state index contributed by atoms with van der Waals surface area (Å²) in [5.41, 5.74) is 6.86. The van der Waals surface area contributed by atoms with Gasteiger partial charge in [0.2, 0.25) is 0 Å². The molecule has 1 saturated carbocycles. The van der Waals surface area contributed by atoms with Gasteiger partial charge in [-0.3, -0.25) is 0 Å². The van der Waals surface area contributed by atoms with Crippen LogP contribution in [0.4, 0.5) is 5.95 Å². The monoisotopic (exact) mass is 207 g/mol. The lowest BCUT2D eigenvalue weighted by molar-refractivity contribution is 0.265. The standard InChI is InChI=1S/C12H21N3/c1-9-3-5-11(6-4-9)8-15-7-10(2)14-12(15)13/h7,9,11H,3-6,8H2,1-2H3,(H2,13,14). The number of aromatic nitrogens is 2. The predicted octanol–water partition coefficient (Wildman–Crippen LogP) is 2.60. The van der Waals surface area contributed by atoms with E-state index < -0.39 is 0 Å². The van der Waals surface area contributed by atoms with Crippen LogP contribution in [0.15, 0.2) is 6.20 Å². The largest absolute Gasteiger partial charge is 0.369 e. The molecule has 1 fully saturated rings. The van der Waals surface area contributed by atoms with Crippen LogP contribution in [-0.2, 0) is 6.54 Å². The summed E-state index contributed by atoms with van der Waals surface area (Å²) >= 11 is 0. The number of nitrogens with two attached hydrogens (primary N) is 1. The molecule has 3 nitrogen and oxygen atoms in total. The highest BCUT2D eigenvalue weighted by Gasteiger charge is 2.19. The molecule has 0 atom stereocenters. The van der Waals surface area contributed by atoms with E-state index in [0.717, 1.165) is 24.1 Å². The number of hydrogen-bond donors (Lipinski definition) is 1. The molecular formula is C12H21N3. The Morgan fingerprint density at radius 1 is 1.40 bits per heavy atom. The maximum absolute atomic E-state index is 5.84. The summed E-state index contributed by atoms with van der Waals surface area (Å²) in [7, 11) is 0. The number of anilines is 1. The normalized spacial score (nSPS) is 26.8. The Kier molecular flexibility index (Phi) is 2.98. The van der Waals surface area contributed by atoms with E-state index in [1.807, 2.05) is 6.92 Å². The first-order valence-corrected chi connectivity index (χ1v) is 5.94. The third-order valence-electron chi connectivity index (χ3n) is 3.52. The Morgan fingerprint density at radius 3 is 2.60 bits per heavy atom. The van der Waals surface area contributed by atoms with Gasteiger partial charge in [0, 0.05) is 12.7 Å². The van der Waals surface area contributed by atoms with Crippen LogP contribution in [0, 0.1) is 18.8 Å². The van der Waals surface area contributed by atoms with Gasteiger partial charge in [0.05, 0.1) is 5.69 Å². The Labute approximate surface area is 91.7 Å². The average Bonchev–Trinajstić information content (AvgIpc) is 2.49. The number of aryl methyl sites for hydroxylation is 1. The quantitative estimate of drug-likeness (QED) is 0.810. The van der Waals surface area contributed by atoms with Crippen LogP contribution >= 0.6 is 0 Å². The average molecular weight is 207 g/mol. The molecule has 0 unspecified atom stereocenters. The highest BCUT2D eigenvalue weighted by Crippen LogP contribution is 2.29. The van der Waals surface area contributed by atoms with Gasteiger partial charge in [-0.15, -0.1) is 0 Å². The molecule has 0 spiro atoms. The fourth-order valence-corrected chi connectivity index (χ4v) is 2.50. The number of nitrogens with zero attached hydrogens (tertiary/aromatic N) is 2. The van der Waals surface area contributed by atoms with Crippen molar-refractivity contribution in [2.75, 3.05) is 5.73 Å². The molecule has 0 saturated heterocycles. The van der Waals surface area contributed by atoms with Gasteiger partial charge >= 0.3 is 0 Å². The minimum Gasteiger partial charge on any atom is -0.369 e. The molecule has 0 bridgehead atoms. The van der Waals surface area contributed by atoms with Crippen molar-refractivity contribution in [2.45, 2.75) is 46.1 Å².